The molecule has 0 aliphatic heterocycles. The smallest absolute Gasteiger partial charge is 0.238 e. The maximum absolute atomic E-state index is 12.2. The number of nitrogens with zero attached hydrogens (tertiary/aromatic N) is 2. The van der Waals surface area contributed by atoms with Crippen molar-refractivity contribution in [2.24, 2.45) is 0 Å². The highest BCUT2D eigenvalue weighted by atomic mass is 16.2. The average molecular weight is 350 g/mol. The second-order valence-electron chi connectivity index (χ2n) is 6.22. The molecule has 0 saturated heterocycles. The van der Waals surface area contributed by atoms with E-state index in [-0.39, 0.29) is 24.9 Å². The predicted octanol–water partition coefficient (Wildman–Crippen LogP) is 2.68. The van der Waals surface area contributed by atoms with Gasteiger partial charge >= 0.3 is 0 Å². The second kappa shape index (κ2) is 8.79. The summed E-state index contributed by atoms with van der Waals surface area (Å²) in [5.41, 5.74) is 3.96. The van der Waals surface area contributed by atoms with Crippen LogP contribution in [0.1, 0.15) is 16.7 Å². The quantitative estimate of drug-likeness (QED) is 0.839. The predicted molar refractivity (Wildman–Crippen MR) is 102 cm³/mol. The monoisotopic (exact) mass is 350 g/mol. The molecule has 0 aliphatic rings. The summed E-state index contributed by atoms with van der Waals surface area (Å²) < 4.78 is 0. The Morgan fingerprint density at radius 2 is 1.50 bits per heavy atom. The molecule has 0 spiro atoms. The minimum absolute atomic E-state index is 0.0835. The number of nitriles is 1. The third-order valence-corrected chi connectivity index (χ3v) is 3.87. The number of likely N-dealkylation sites (N-methyl/N-ethyl adjacent to an activating group) is 1. The van der Waals surface area contributed by atoms with Gasteiger partial charge in [0, 0.05) is 11.4 Å². The van der Waals surface area contributed by atoms with Gasteiger partial charge in [0.25, 0.3) is 0 Å². The van der Waals surface area contributed by atoms with Gasteiger partial charge in [-0.05, 0) is 56.3 Å². The molecular formula is C20H22N4O2. The van der Waals surface area contributed by atoms with Crippen molar-refractivity contribution in [1.82, 2.24) is 4.90 Å². The zero-order chi connectivity index (χ0) is 19.1. The number of hydrogen-bond donors (Lipinski definition) is 2. The topological polar surface area (TPSA) is 85.2 Å². The number of para-hydroxylation sites is 1. The van der Waals surface area contributed by atoms with Crippen molar-refractivity contribution in [1.29, 1.82) is 5.26 Å². The number of carbonyl (C=O) groups excluding carboxylic acids is 2. The molecule has 2 N–H and O–H groups in total. The summed E-state index contributed by atoms with van der Waals surface area (Å²) in [5.74, 6) is -0.395. The third-order valence-electron chi connectivity index (χ3n) is 3.87. The molecule has 0 atom stereocenters. The van der Waals surface area contributed by atoms with E-state index in [1.807, 2.05) is 38.1 Å². The van der Waals surface area contributed by atoms with E-state index in [9.17, 15) is 9.59 Å². The Kier molecular flexibility index (Phi) is 6.48. The van der Waals surface area contributed by atoms with Gasteiger partial charge < -0.3 is 10.6 Å². The van der Waals surface area contributed by atoms with Crippen LogP contribution in [0.15, 0.2) is 42.5 Å². The molecule has 2 amide bonds. The van der Waals surface area contributed by atoms with Gasteiger partial charge in [0.1, 0.15) is 0 Å². The molecule has 2 aromatic rings. The van der Waals surface area contributed by atoms with E-state index in [0.29, 0.717) is 11.3 Å². The van der Waals surface area contributed by atoms with Crippen LogP contribution in [0.5, 0.6) is 0 Å². The lowest BCUT2D eigenvalue weighted by molar-refractivity contribution is -0.119. The molecule has 0 bridgehead atoms. The van der Waals surface area contributed by atoms with Crippen LogP contribution in [0.2, 0.25) is 0 Å². The maximum Gasteiger partial charge on any atom is 0.238 e. The van der Waals surface area contributed by atoms with Crippen molar-refractivity contribution in [3.63, 3.8) is 0 Å². The van der Waals surface area contributed by atoms with Gasteiger partial charge in [0.2, 0.25) is 11.8 Å². The van der Waals surface area contributed by atoms with Crippen LogP contribution in [0.25, 0.3) is 0 Å². The number of benzene rings is 2. The molecule has 0 aromatic heterocycles. The van der Waals surface area contributed by atoms with E-state index in [4.69, 9.17) is 5.26 Å². The summed E-state index contributed by atoms with van der Waals surface area (Å²) in [4.78, 5) is 25.9. The van der Waals surface area contributed by atoms with Gasteiger partial charge in [-0.3, -0.25) is 14.5 Å². The SMILES string of the molecule is Cc1cccc(C)c1NC(=O)CN(C)CC(=O)Nc1ccc(C#N)cc1. The zero-order valence-corrected chi connectivity index (χ0v) is 15.2. The normalized spacial score (nSPS) is 10.3. The number of rotatable bonds is 6. The lowest BCUT2D eigenvalue weighted by Gasteiger charge is -2.17. The van der Waals surface area contributed by atoms with Crippen LogP contribution in [0.4, 0.5) is 11.4 Å². The first kappa shape index (κ1) is 19.2. The Bertz CT molecular complexity index is 818. The molecule has 2 aromatic carbocycles. The van der Waals surface area contributed by atoms with Gasteiger partial charge in [-0.2, -0.15) is 5.26 Å². The summed E-state index contributed by atoms with van der Waals surface area (Å²) in [6.45, 7) is 4.07. The van der Waals surface area contributed by atoms with Crippen LogP contribution in [0, 0.1) is 25.2 Å². The van der Waals surface area contributed by atoms with Gasteiger partial charge in [0.15, 0.2) is 0 Å². The van der Waals surface area contributed by atoms with Gasteiger partial charge in [0.05, 0.1) is 24.7 Å². The maximum atomic E-state index is 12.2. The summed E-state index contributed by atoms with van der Waals surface area (Å²) in [6, 6.07) is 14.5. The second-order valence-corrected chi connectivity index (χ2v) is 6.22. The summed E-state index contributed by atoms with van der Waals surface area (Å²) in [5, 5.41) is 14.4. The van der Waals surface area contributed by atoms with Crippen LogP contribution in [0.3, 0.4) is 0 Å². The Balaban J connectivity index is 1.85. The van der Waals surface area contributed by atoms with Crippen molar-refractivity contribution in [2.75, 3.05) is 30.8 Å². The Morgan fingerprint density at radius 3 is 2.04 bits per heavy atom. The van der Waals surface area contributed by atoms with Gasteiger partial charge in [-0.25, -0.2) is 0 Å². The number of aryl methyl sites for hydroxylation is 2. The molecule has 26 heavy (non-hydrogen) atoms. The molecule has 6 nitrogen and oxygen atoms in total. The molecule has 0 saturated carbocycles. The number of carbonyl (C=O) groups is 2. The van der Waals surface area contributed by atoms with Crippen molar-refractivity contribution in [3.05, 3.63) is 59.2 Å². The van der Waals surface area contributed by atoms with E-state index in [1.54, 1.807) is 36.2 Å². The highest BCUT2D eigenvalue weighted by Crippen LogP contribution is 2.19. The summed E-state index contributed by atoms with van der Waals surface area (Å²) in [7, 11) is 1.71. The molecule has 0 heterocycles. The standard InChI is InChI=1S/C20H22N4O2/c1-14-5-4-6-15(2)20(14)23-19(26)13-24(3)12-18(25)22-17-9-7-16(11-21)8-10-17/h4-10H,12-13H2,1-3H3,(H,22,25)(H,23,26). The lowest BCUT2D eigenvalue weighted by Crippen LogP contribution is -2.36. The van der Waals surface area contributed by atoms with E-state index >= 15 is 0 Å². The molecule has 2 rings (SSSR count). The molecule has 0 fully saturated rings. The fourth-order valence-electron chi connectivity index (χ4n) is 2.57. The first-order chi connectivity index (χ1) is 12.4. The van der Waals surface area contributed by atoms with Crippen LogP contribution < -0.4 is 10.6 Å². The largest absolute Gasteiger partial charge is 0.325 e. The first-order valence-electron chi connectivity index (χ1n) is 8.23. The fraction of sp³-hybridized carbons (Fsp3) is 0.250. The number of hydrogen-bond acceptors (Lipinski definition) is 4. The van der Waals surface area contributed by atoms with E-state index in [2.05, 4.69) is 10.6 Å². The van der Waals surface area contributed by atoms with Crippen molar-refractivity contribution >= 4 is 23.2 Å². The van der Waals surface area contributed by atoms with Crippen molar-refractivity contribution in [3.8, 4) is 6.07 Å². The minimum atomic E-state index is -0.225. The fourth-order valence-corrected chi connectivity index (χ4v) is 2.57. The third kappa shape index (κ3) is 5.43. The van der Waals surface area contributed by atoms with Crippen molar-refractivity contribution in [2.45, 2.75) is 13.8 Å². The van der Waals surface area contributed by atoms with E-state index in [1.165, 1.54) is 0 Å². The van der Waals surface area contributed by atoms with E-state index < -0.39 is 0 Å². The van der Waals surface area contributed by atoms with Crippen LogP contribution >= 0.6 is 0 Å². The Hall–Kier alpha value is -3.17. The molecule has 0 unspecified atom stereocenters. The first-order valence-corrected chi connectivity index (χ1v) is 8.23. The van der Waals surface area contributed by atoms with E-state index in [0.717, 1.165) is 16.8 Å². The number of nitrogens with one attached hydrogen (secondary N) is 2. The summed E-state index contributed by atoms with van der Waals surface area (Å²) >= 11 is 0. The molecule has 134 valence electrons. The molecular weight excluding hydrogens is 328 g/mol. The molecule has 0 radical (unpaired) electrons. The molecule has 6 heteroatoms. The minimum Gasteiger partial charge on any atom is -0.325 e. The Labute approximate surface area is 153 Å². The summed E-state index contributed by atoms with van der Waals surface area (Å²) in [6.07, 6.45) is 0. The zero-order valence-electron chi connectivity index (χ0n) is 15.2. The van der Waals surface area contributed by atoms with Gasteiger partial charge in [-0.1, -0.05) is 18.2 Å². The highest BCUT2D eigenvalue weighted by Gasteiger charge is 2.13. The Morgan fingerprint density at radius 1 is 0.962 bits per heavy atom. The lowest BCUT2D eigenvalue weighted by atomic mass is 10.1. The molecule has 0 aliphatic carbocycles. The average Bonchev–Trinajstić information content (AvgIpc) is 2.58. The van der Waals surface area contributed by atoms with Crippen LogP contribution in [-0.4, -0.2) is 36.9 Å². The number of amides is 2. The number of anilines is 2. The highest BCUT2D eigenvalue weighted by molar-refractivity contribution is 5.95. The van der Waals surface area contributed by atoms with Gasteiger partial charge in [-0.15, -0.1) is 0 Å². The van der Waals surface area contributed by atoms with Crippen molar-refractivity contribution < 1.29 is 9.59 Å². The van der Waals surface area contributed by atoms with Crippen LogP contribution in [-0.2, 0) is 9.59 Å².